The van der Waals surface area contributed by atoms with Crippen LogP contribution in [0.25, 0.3) is 0 Å². The number of carboxylic acids is 2. The number of unbranched alkanes of at least 4 members (excludes halogenated alkanes) is 1. The molecule has 1 saturated heterocycles. The van der Waals surface area contributed by atoms with E-state index >= 15 is 0 Å². The van der Waals surface area contributed by atoms with Gasteiger partial charge in [-0.05, 0) is 32.6 Å². The van der Waals surface area contributed by atoms with E-state index in [2.05, 4.69) is 10.6 Å². The van der Waals surface area contributed by atoms with Crippen molar-refractivity contribution < 1.29 is 29.4 Å². The van der Waals surface area contributed by atoms with Gasteiger partial charge in [0.15, 0.2) is 0 Å². The number of nitrogens with one attached hydrogen (secondary N) is 2. The molecule has 2 amide bonds. The van der Waals surface area contributed by atoms with E-state index in [9.17, 15) is 19.2 Å². The molecule has 0 bridgehead atoms. The molecule has 0 aromatic carbocycles. The summed E-state index contributed by atoms with van der Waals surface area (Å²) < 4.78 is 0. The van der Waals surface area contributed by atoms with Crippen molar-refractivity contribution in [3.05, 3.63) is 0 Å². The number of aliphatic carboxylic acids is 2. The SMILES string of the molecule is C[C@H](NC(=O)[C@H](CCC(=O)O)NC(=O)CCCCC1CCSS1)C(=O)O. The fourth-order valence-electron chi connectivity index (χ4n) is 2.40. The zero-order chi connectivity index (χ0) is 19.5. The van der Waals surface area contributed by atoms with Crippen molar-refractivity contribution in [2.75, 3.05) is 5.75 Å². The fourth-order valence-corrected chi connectivity index (χ4v) is 5.43. The van der Waals surface area contributed by atoms with Gasteiger partial charge in [0, 0.05) is 23.8 Å². The van der Waals surface area contributed by atoms with Crippen LogP contribution in [0, 0.1) is 0 Å². The van der Waals surface area contributed by atoms with E-state index in [-0.39, 0.29) is 25.2 Å². The number of hydrogen-bond acceptors (Lipinski definition) is 6. The predicted octanol–water partition coefficient (Wildman–Crippen LogP) is 1.64. The summed E-state index contributed by atoms with van der Waals surface area (Å²) in [7, 11) is 3.77. The molecule has 4 N–H and O–H groups in total. The second-order valence-corrected chi connectivity index (χ2v) is 8.98. The number of hydrogen-bond donors (Lipinski definition) is 4. The summed E-state index contributed by atoms with van der Waals surface area (Å²) in [5, 5.41) is 23.1. The highest BCUT2D eigenvalue weighted by Crippen LogP contribution is 2.39. The number of rotatable bonds is 12. The van der Waals surface area contributed by atoms with Crippen LogP contribution in [0.3, 0.4) is 0 Å². The molecule has 0 spiro atoms. The van der Waals surface area contributed by atoms with Crippen LogP contribution in [0.15, 0.2) is 0 Å². The summed E-state index contributed by atoms with van der Waals surface area (Å²) in [5.74, 6) is -2.13. The van der Waals surface area contributed by atoms with Crippen LogP contribution in [0.4, 0.5) is 0 Å². The fraction of sp³-hybridized carbons (Fsp3) is 0.750. The first kappa shape index (κ1) is 22.6. The van der Waals surface area contributed by atoms with Gasteiger partial charge in [-0.25, -0.2) is 0 Å². The first-order chi connectivity index (χ1) is 12.3. The molecule has 0 aromatic heterocycles. The number of amides is 2. The molecule has 148 valence electrons. The van der Waals surface area contributed by atoms with E-state index in [4.69, 9.17) is 10.2 Å². The molecule has 1 rings (SSSR count). The van der Waals surface area contributed by atoms with Crippen molar-refractivity contribution in [3.8, 4) is 0 Å². The van der Waals surface area contributed by atoms with Crippen LogP contribution in [-0.2, 0) is 19.2 Å². The van der Waals surface area contributed by atoms with Gasteiger partial charge < -0.3 is 20.8 Å². The second-order valence-electron chi connectivity index (χ2n) is 6.20. The minimum atomic E-state index is -1.20. The predicted molar refractivity (Wildman–Crippen MR) is 101 cm³/mol. The van der Waals surface area contributed by atoms with Crippen LogP contribution in [-0.4, -0.2) is 57.1 Å². The van der Waals surface area contributed by atoms with Gasteiger partial charge in [0.1, 0.15) is 12.1 Å². The van der Waals surface area contributed by atoms with Crippen LogP contribution < -0.4 is 10.6 Å². The molecule has 0 radical (unpaired) electrons. The summed E-state index contributed by atoms with van der Waals surface area (Å²) in [6.07, 6.45) is 3.76. The van der Waals surface area contributed by atoms with Crippen LogP contribution in [0.2, 0.25) is 0 Å². The highest BCUT2D eigenvalue weighted by molar-refractivity contribution is 8.77. The maximum absolute atomic E-state index is 12.1. The van der Waals surface area contributed by atoms with Crippen molar-refractivity contribution in [3.63, 3.8) is 0 Å². The standard InChI is InChI=1S/C16H26N2O6S2/c1-10(16(23)24)17-15(22)12(6-7-14(20)21)18-13(19)5-3-2-4-11-8-9-25-26-11/h10-12H,2-9H2,1H3,(H,17,22)(H,18,19)(H,20,21)(H,23,24)/t10-,11?,12-/m0/s1. The van der Waals surface area contributed by atoms with Gasteiger partial charge in [-0.15, -0.1) is 0 Å². The molecule has 3 atom stereocenters. The summed E-state index contributed by atoms with van der Waals surface area (Å²) in [5.41, 5.74) is 0. The zero-order valence-electron chi connectivity index (χ0n) is 14.7. The van der Waals surface area contributed by atoms with Crippen molar-refractivity contribution in [2.45, 2.75) is 69.2 Å². The minimum absolute atomic E-state index is 0.0881. The molecule has 0 aliphatic carbocycles. The Hall–Kier alpha value is -1.42. The Bertz CT molecular complexity index is 511. The highest BCUT2D eigenvalue weighted by atomic mass is 33.1. The smallest absolute Gasteiger partial charge is 0.325 e. The second kappa shape index (κ2) is 12.1. The molecule has 0 saturated carbocycles. The maximum atomic E-state index is 12.1. The average molecular weight is 407 g/mol. The largest absolute Gasteiger partial charge is 0.481 e. The van der Waals surface area contributed by atoms with Crippen molar-refractivity contribution in [2.24, 2.45) is 0 Å². The molecule has 26 heavy (non-hydrogen) atoms. The lowest BCUT2D eigenvalue weighted by atomic mass is 10.1. The van der Waals surface area contributed by atoms with Gasteiger partial charge in [-0.3, -0.25) is 19.2 Å². The van der Waals surface area contributed by atoms with Gasteiger partial charge in [0.25, 0.3) is 0 Å². The Morgan fingerprint density at radius 2 is 1.85 bits per heavy atom. The number of carbonyl (C=O) groups excluding carboxylic acids is 2. The molecule has 1 aliphatic rings. The minimum Gasteiger partial charge on any atom is -0.481 e. The highest BCUT2D eigenvalue weighted by Gasteiger charge is 2.24. The van der Waals surface area contributed by atoms with Crippen LogP contribution in [0.1, 0.15) is 51.9 Å². The van der Waals surface area contributed by atoms with Crippen molar-refractivity contribution in [1.29, 1.82) is 0 Å². The van der Waals surface area contributed by atoms with E-state index in [1.54, 1.807) is 0 Å². The summed E-state index contributed by atoms with van der Waals surface area (Å²) in [4.78, 5) is 45.7. The first-order valence-electron chi connectivity index (χ1n) is 8.62. The number of carbonyl (C=O) groups is 4. The summed E-state index contributed by atoms with van der Waals surface area (Å²) in [6.45, 7) is 1.30. The van der Waals surface area contributed by atoms with E-state index in [1.165, 1.54) is 19.1 Å². The molecule has 1 fully saturated rings. The van der Waals surface area contributed by atoms with Gasteiger partial charge in [0.05, 0.1) is 0 Å². The molecule has 1 heterocycles. The molecule has 1 aliphatic heterocycles. The third-order valence-electron chi connectivity index (χ3n) is 3.93. The summed E-state index contributed by atoms with van der Waals surface area (Å²) in [6, 6.07) is -2.17. The average Bonchev–Trinajstić information content (AvgIpc) is 3.08. The lowest BCUT2D eigenvalue weighted by Crippen LogP contribution is -2.50. The van der Waals surface area contributed by atoms with Crippen molar-refractivity contribution in [1.82, 2.24) is 10.6 Å². The molecule has 0 aromatic rings. The summed E-state index contributed by atoms with van der Waals surface area (Å²) >= 11 is 0. The van der Waals surface area contributed by atoms with E-state index in [0.717, 1.165) is 12.8 Å². The van der Waals surface area contributed by atoms with E-state index in [1.807, 2.05) is 21.6 Å². The Kier molecular flexibility index (Phi) is 10.5. The molecule has 8 nitrogen and oxygen atoms in total. The molecule has 10 heteroatoms. The quantitative estimate of drug-likeness (QED) is 0.284. The monoisotopic (exact) mass is 406 g/mol. The van der Waals surface area contributed by atoms with Gasteiger partial charge in [-0.2, -0.15) is 0 Å². The van der Waals surface area contributed by atoms with E-state index < -0.39 is 29.9 Å². The van der Waals surface area contributed by atoms with Crippen LogP contribution in [0.5, 0.6) is 0 Å². The maximum Gasteiger partial charge on any atom is 0.325 e. The Balaban J connectivity index is 2.41. The van der Waals surface area contributed by atoms with Gasteiger partial charge in [0.2, 0.25) is 11.8 Å². The normalized spacial score (nSPS) is 18.7. The van der Waals surface area contributed by atoms with E-state index in [0.29, 0.717) is 11.7 Å². The molecular weight excluding hydrogens is 380 g/mol. The Labute approximate surface area is 160 Å². The lowest BCUT2D eigenvalue weighted by molar-refractivity contribution is -0.142. The van der Waals surface area contributed by atoms with Crippen molar-refractivity contribution >= 4 is 45.3 Å². The Morgan fingerprint density at radius 1 is 1.12 bits per heavy atom. The Morgan fingerprint density at radius 3 is 2.42 bits per heavy atom. The third-order valence-corrected chi connectivity index (χ3v) is 6.94. The van der Waals surface area contributed by atoms with Gasteiger partial charge >= 0.3 is 11.9 Å². The lowest BCUT2D eigenvalue weighted by Gasteiger charge is -2.19. The topological polar surface area (TPSA) is 133 Å². The molecular formula is C16H26N2O6S2. The van der Waals surface area contributed by atoms with Gasteiger partial charge in [-0.1, -0.05) is 28.0 Å². The third kappa shape index (κ3) is 9.33. The zero-order valence-corrected chi connectivity index (χ0v) is 16.4. The van der Waals surface area contributed by atoms with Crippen LogP contribution >= 0.6 is 21.6 Å². The molecule has 1 unspecified atom stereocenters. The number of carboxylic acid groups (broad SMARTS) is 2. The first-order valence-corrected chi connectivity index (χ1v) is 11.0.